The van der Waals surface area contributed by atoms with Gasteiger partial charge in [-0.05, 0) is 67.3 Å². The molecule has 0 amide bonds. The summed E-state index contributed by atoms with van der Waals surface area (Å²) in [4.78, 5) is 11.4. The zero-order valence-corrected chi connectivity index (χ0v) is 18.9. The summed E-state index contributed by atoms with van der Waals surface area (Å²) < 4.78 is 11.9. The number of carbonyl (C=O) groups is 1. The van der Waals surface area contributed by atoms with E-state index in [0.29, 0.717) is 31.8 Å². The Bertz CT molecular complexity index is 863. The SMILES string of the molecule is CCOC(=O)CCCCCOc1ccccc1C/C(=C/N)C(=N)c1ccc(Br)cc1. The second kappa shape index (κ2) is 12.9. The first-order chi connectivity index (χ1) is 14.5. The molecule has 2 rings (SSSR count). The molecule has 0 atom stereocenters. The number of ether oxygens (including phenoxy) is 2. The molecule has 0 fully saturated rings. The van der Waals surface area contributed by atoms with Crippen LogP contribution in [0.4, 0.5) is 0 Å². The van der Waals surface area contributed by atoms with Gasteiger partial charge >= 0.3 is 5.97 Å². The fourth-order valence-corrected chi connectivity index (χ4v) is 3.26. The van der Waals surface area contributed by atoms with E-state index in [-0.39, 0.29) is 5.97 Å². The number of hydrogen-bond acceptors (Lipinski definition) is 5. The molecule has 160 valence electrons. The van der Waals surface area contributed by atoms with E-state index in [2.05, 4.69) is 15.9 Å². The molecule has 0 radical (unpaired) electrons. The molecule has 0 bridgehead atoms. The maximum absolute atomic E-state index is 11.4. The van der Waals surface area contributed by atoms with Crippen molar-refractivity contribution in [1.82, 2.24) is 0 Å². The van der Waals surface area contributed by atoms with E-state index < -0.39 is 0 Å². The molecule has 6 heteroatoms. The average Bonchev–Trinajstić information content (AvgIpc) is 2.75. The van der Waals surface area contributed by atoms with E-state index >= 15 is 0 Å². The molecule has 2 aromatic rings. The van der Waals surface area contributed by atoms with Crippen LogP contribution < -0.4 is 10.5 Å². The second-order valence-electron chi connectivity index (χ2n) is 6.82. The van der Waals surface area contributed by atoms with Crippen molar-refractivity contribution in [2.24, 2.45) is 5.73 Å². The van der Waals surface area contributed by atoms with Crippen molar-refractivity contribution in [2.75, 3.05) is 13.2 Å². The van der Waals surface area contributed by atoms with Crippen molar-refractivity contribution in [1.29, 1.82) is 5.41 Å². The Balaban J connectivity index is 1.90. The van der Waals surface area contributed by atoms with Crippen LogP contribution in [0.1, 0.15) is 43.7 Å². The minimum Gasteiger partial charge on any atom is -0.493 e. The molecule has 0 aromatic heterocycles. The lowest BCUT2D eigenvalue weighted by molar-refractivity contribution is -0.143. The van der Waals surface area contributed by atoms with Gasteiger partial charge in [0.25, 0.3) is 0 Å². The van der Waals surface area contributed by atoms with E-state index in [0.717, 1.165) is 46.2 Å². The molecule has 0 heterocycles. The number of benzene rings is 2. The molecule has 0 unspecified atom stereocenters. The number of nitrogens with two attached hydrogens (primary N) is 1. The lowest BCUT2D eigenvalue weighted by Gasteiger charge is -2.14. The van der Waals surface area contributed by atoms with Gasteiger partial charge in [-0.25, -0.2) is 0 Å². The van der Waals surface area contributed by atoms with Crippen LogP contribution in [0.5, 0.6) is 5.75 Å². The molecule has 30 heavy (non-hydrogen) atoms. The Morgan fingerprint density at radius 1 is 1.10 bits per heavy atom. The van der Waals surface area contributed by atoms with Gasteiger partial charge in [0.15, 0.2) is 0 Å². The fourth-order valence-electron chi connectivity index (χ4n) is 2.99. The maximum atomic E-state index is 11.4. The highest BCUT2D eigenvalue weighted by Crippen LogP contribution is 2.23. The van der Waals surface area contributed by atoms with Crippen LogP contribution in [0.2, 0.25) is 0 Å². The first kappa shape index (κ1) is 23.7. The van der Waals surface area contributed by atoms with E-state index in [1.54, 1.807) is 0 Å². The van der Waals surface area contributed by atoms with Crippen molar-refractivity contribution in [3.63, 3.8) is 0 Å². The lowest BCUT2D eigenvalue weighted by Crippen LogP contribution is -2.10. The maximum Gasteiger partial charge on any atom is 0.305 e. The van der Waals surface area contributed by atoms with Crippen molar-refractivity contribution in [2.45, 2.75) is 39.0 Å². The smallest absolute Gasteiger partial charge is 0.305 e. The summed E-state index contributed by atoms with van der Waals surface area (Å²) in [5, 5.41) is 8.51. The van der Waals surface area contributed by atoms with Gasteiger partial charge in [-0.2, -0.15) is 0 Å². The molecular formula is C24H29BrN2O3. The standard InChI is InChI=1S/C24H29BrN2O3/c1-2-29-23(28)10-4-3-7-15-30-22-9-6-5-8-19(22)16-20(17-26)24(27)18-11-13-21(25)14-12-18/h5-6,8-9,11-14,17,27H,2-4,7,10,15-16,26H2,1H3/b20-17-,27-24?. The van der Waals surface area contributed by atoms with Crippen molar-refractivity contribution in [3.05, 3.63) is 75.9 Å². The quantitative estimate of drug-likeness (QED) is 0.245. The van der Waals surface area contributed by atoms with Gasteiger partial charge in [0, 0.05) is 17.3 Å². The summed E-state index contributed by atoms with van der Waals surface area (Å²) >= 11 is 3.42. The largest absolute Gasteiger partial charge is 0.493 e. The van der Waals surface area contributed by atoms with Crippen molar-refractivity contribution >= 4 is 27.6 Å². The van der Waals surface area contributed by atoms with Crippen LogP contribution in [-0.2, 0) is 16.0 Å². The fraction of sp³-hybridized carbons (Fsp3) is 0.333. The highest BCUT2D eigenvalue weighted by Gasteiger charge is 2.12. The molecule has 5 nitrogen and oxygen atoms in total. The van der Waals surface area contributed by atoms with Crippen LogP contribution in [0.25, 0.3) is 0 Å². The Hall–Kier alpha value is -2.60. The number of carbonyl (C=O) groups excluding carboxylic acids is 1. The number of nitrogens with one attached hydrogen (secondary N) is 1. The summed E-state index contributed by atoms with van der Waals surface area (Å²) in [5.41, 5.74) is 8.79. The first-order valence-electron chi connectivity index (χ1n) is 10.2. The van der Waals surface area contributed by atoms with Crippen molar-refractivity contribution < 1.29 is 14.3 Å². The van der Waals surface area contributed by atoms with Gasteiger partial charge in [-0.1, -0.05) is 46.3 Å². The zero-order chi connectivity index (χ0) is 21.8. The average molecular weight is 473 g/mol. The van der Waals surface area contributed by atoms with Gasteiger partial charge in [-0.3, -0.25) is 10.2 Å². The van der Waals surface area contributed by atoms with E-state index in [4.69, 9.17) is 20.6 Å². The van der Waals surface area contributed by atoms with Gasteiger partial charge in [-0.15, -0.1) is 0 Å². The number of rotatable bonds is 12. The highest BCUT2D eigenvalue weighted by molar-refractivity contribution is 9.10. The van der Waals surface area contributed by atoms with Gasteiger partial charge in [0.1, 0.15) is 5.75 Å². The van der Waals surface area contributed by atoms with Gasteiger partial charge < -0.3 is 15.2 Å². The van der Waals surface area contributed by atoms with Crippen LogP contribution >= 0.6 is 15.9 Å². The Morgan fingerprint density at radius 3 is 2.53 bits per heavy atom. The van der Waals surface area contributed by atoms with Crippen LogP contribution in [-0.4, -0.2) is 24.9 Å². The van der Waals surface area contributed by atoms with E-state index in [1.807, 2.05) is 55.5 Å². The number of allylic oxidation sites excluding steroid dienone is 1. The number of para-hydroxylation sites is 1. The predicted molar refractivity (Wildman–Crippen MR) is 124 cm³/mol. The van der Waals surface area contributed by atoms with E-state index in [9.17, 15) is 4.79 Å². The molecule has 0 aliphatic rings. The van der Waals surface area contributed by atoms with Crippen molar-refractivity contribution in [3.8, 4) is 5.75 Å². The van der Waals surface area contributed by atoms with Crippen LogP contribution in [0, 0.1) is 5.41 Å². The predicted octanol–water partition coefficient (Wildman–Crippen LogP) is 5.40. The van der Waals surface area contributed by atoms with Gasteiger partial charge in [0.2, 0.25) is 0 Å². The molecule has 0 aliphatic heterocycles. The zero-order valence-electron chi connectivity index (χ0n) is 17.3. The third-order valence-corrected chi connectivity index (χ3v) is 5.13. The summed E-state index contributed by atoms with van der Waals surface area (Å²) in [6, 6.07) is 15.4. The summed E-state index contributed by atoms with van der Waals surface area (Å²) in [7, 11) is 0. The van der Waals surface area contributed by atoms with Crippen LogP contribution in [0.3, 0.4) is 0 Å². The van der Waals surface area contributed by atoms with Gasteiger partial charge in [0.05, 0.1) is 18.9 Å². The molecule has 2 aromatic carbocycles. The minimum atomic E-state index is -0.141. The van der Waals surface area contributed by atoms with E-state index in [1.165, 1.54) is 6.20 Å². The minimum absolute atomic E-state index is 0.141. The second-order valence-corrected chi connectivity index (χ2v) is 7.74. The molecule has 0 aliphatic carbocycles. The molecular weight excluding hydrogens is 444 g/mol. The normalized spacial score (nSPS) is 11.2. The monoisotopic (exact) mass is 472 g/mol. The molecule has 0 spiro atoms. The Morgan fingerprint density at radius 2 is 1.83 bits per heavy atom. The highest BCUT2D eigenvalue weighted by atomic mass is 79.9. The Labute approximate surface area is 186 Å². The third-order valence-electron chi connectivity index (χ3n) is 4.60. The number of hydrogen-bond donors (Lipinski definition) is 2. The third kappa shape index (κ3) is 7.67. The van der Waals surface area contributed by atoms with Crippen LogP contribution in [0.15, 0.2) is 64.8 Å². The Kier molecular flexibility index (Phi) is 10.1. The summed E-state index contributed by atoms with van der Waals surface area (Å²) in [5.74, 6) is 0.656. The molecule has 3 N–H and O–H groups in total. The first-order valence-corrected chi connectivity index (χ1v) is 11.0. The summed E-state index contributed by atoms with van der Waals surface area (Å²) in [6.07, 6.45) is 5.04. The lowest BCUT2D eigenvalue weighted by atomic mass is 9.96. The topological polar surface area (TPSA) is 85.4 Å². The molecule has 0 saturated carbocycles. The number of unbranched alkanes of at least 4 members (excludes halogenated alkanes) is 2. The number of esters is 1. The number of halogens is 1. The summed E-state index contributed by atoms with van der Waals surface area (Å²) in [6.45, 7) is 2.82. The molecule has 0 saturated heterocycles.